The number of piperidine rings is 1. The summed E-state index contributed by atoms with van der Waals surface area (Å²) in [5, 5.41) is 7.85. The fourth-order valence-corrected chi connectivity index (χ4v) is 4.54. The van der Waals surface area contributed by atoms with E-state index in [0.717, 1.165) is 38.8 Å². The summed E-state index contributed by atoms with van der Waals surface area (Å²) in [6, 6.07) is 5.04. The van der Waals surface area contributed by atoms with E-state index in [2.05, 4.69) is 30.0 Å². The third-order valence-corrected chi connectivity index (χ3v) is 6.75. The molecule has 0 unspecified atom stereocenters. The van der Waals surface area contributed by atoms with Crippen LogP contribution in [0.25, 0.3) is 5.69 Å². The van der Waals surface area contributed by atoms with Crippen LogP contribution in [0.2, 0.25) is 0 Å². The molecule has 1 aromatic carbocycles. The van der Waals surface area contributed by atoms with Gasteiger partial charge in [0.05, 0.1) is 16.5 Å². The van der Waals surface area contributed by atoms with Crippen LogP contribution in [0.5, 0.6) is 5.75 Å². The van der Waals surface area contributed by atoms with E-state index in [4.69, 9.17) is 0 Å². The number of nitrogens with zero attached hydrogens (tertiary/aromatic N) is 5. The molecule has 0 aliphatic carbocycles. The van der Waals surface area contributed by atoms with Gasteiger partial charge in [-0.3, -0.25) is 4.79 Å². The highest BCUT2D eigenvalue weighted by Gasteiger charge is 2.31. The normalized spacial score (nSPS) is 15.1. The minimum Gasteiger partial charge on any atom is -0.406 e. The zero-order valence-electron chi connectivity index (χ0n) is 20.8. The lowest BCUT2D eigenvalue weighted by molar-refractivity contribution is -0.274. The molecule has 0 spiro atoms. The van der Waals surface area contributed by atoms with Gasteiger partial charge in [-0.15, -0.1) is 30.0 Å². The van der Waals surface area contributed by atoms with Crippen LogP contribution in [0.15, 0.2) is 35.6 Å². The zero-order chi connectivity index (χ0) is 26.8. The Bertz CT molecular complexity index is 1070. The molecule has 202 valence electrons. The van der Waals surface area contributed by atoms with E-state index < -0.39 is 12.4 Å². The van der Waals surface area contributed by atoms with Crippen molar-refractivity contribution in [2.45, 2.75) is 52.3 Å². The molecule has 1 aliphatic heterocycles. The van der Waals surface area contributed by atoms with Gasteiger partial charge in [0.25, 0.3) is 0 Å². The van der Waals surface area contributed by atoms with Crippen molar-refractivity contribution in [3.63, 3.8) is 0 Å². The molecule has 1 fully saturated rings. The minimum absolute atomic E-state index is 0.157. The number of Topliss-reactive ketones (excluding diaryl/α,β-unsaturated/α-hetero) is 1. The molecule has 0 saturated carbocycles. The molecule has 2 amide bonds. The third kappa shape index (κ3) is 9.71. The standard InChI is InChI=1S/C24H31F3N6O3S/c1-3-4-20(34)15-37-17(2)30-23(35)28-12-9-18-10-13-32(14-11-18)22-29-16-33(31-22)19-5-7-21(8-6-19)36-24(25,26)27/h5-8,16,18H,3-4,9-15H2,1-2H3,(H,28,35)/b30-17-. The van der Waals surface area contributed by atoms with Crippen LogP contribution in [0.1, 0.15) is 46.0 Å². The predicted molar refractivity (Wildman–Crippen MR) is 136 cm³/mol. The van der Waals surface area contributed by atoms with Crippen LogP contribution < -0.4 is 15.0 Å². The summed E-state index contributed by atoms with van der Waals surface area (Å²) in [5.74, 6) is 1.21. The Labute approximate surface area is 217 Å². The number of nitrogens with one attached hydrogen (secondary N) is 1. The number of ketones is 1. The Hall–Kier alpha value is -3.09. The number of hydrogen-bond donors (Lipinski definition) is 1. The predicted octanol–water partition coefficient (Wildman–Crippen LogP) is 5.00. The number of carbonyl (C=O) groups excluding carboxylic acids is 2. The maximum atomic E-state index is 12.3. The van der Waals surface area contributed by atoms with Crippen LogP contribution in [0.4, 0.5) is 23.9 Å². The molecule has 0 atom stereocenters. The number of urea groups is 1. The van der Waals surface area contributed by atoms with Gasteiger partial charge in [-0.25, -0.2) is 9.48 Å². The Balaban J connectivity index is 1.38. The average molecular weight is 541 g/mol. The summed E-state index contributed by atoms with van der Waals surface area (Å²) in [4.78, 5) is 34.0. The molecule has 1 aromatic heterocycles. The lowest BCUT2D eigenvalue weighted by atomic mass is 9.94. The maximum Gasteiger partial charge on any atom is 0.573 e. The number of aromatic nitrogens is 3. The molecule has 0 radical (unpaired) electrons. The molecular weight excluding hydrogens is 509 g/mol. The van der Waals surface area contributed by atoms with Gasteiger partial charge in [-0.1, -0.05) is 6.92 Å². The highest BCUT2D eigenvalue weighted by Crippen LogP contribution is 2.25. The van der Waals surface area contributed by atoms with Gasteiger partial charge < -0.3 is 15.0 Å². The second kappa shape index (κ2) is 13.5. The quantitative estimate of drug-likeness (QED) is 0.334. The summed E-state index contributed by atoms with van der Waals surface area (Å²) in [5.41, 5.74) is 0.572. The Morgan fingerprint density at radius 1 is 1.22 bits per heavy atom. The van der Waals surface area contributed by atoms with Crippen molar-refractivity contribution >= 4 is 34.6 Å². The Morgan fingerprint density at radius 2 is 1.92 bits per heavy atom. The van der Waals surface area contributed by atoms with Crippen molar-refractivity contribution in [2.75, 3.05) is 30.3 Å². The van der Waals surface area contributed by atoms with Gasteiger partial charge in [0.15, 0.2) is 0 Å². The van der Waals surface area contributed by atoms with Crippen molar-refractivity contribution in [2.24, 2.45) is 10.9 Å². The number of amides is 2. The number of benzene rings is 1. The Morgan fingerprint density at radius 3 is 2.57 bits per heavy atom. The smallest absolute Gasteiger partial charge is 0.406 e. The molecular formula is C24H31F3N6O3S. The first kappa shape index (κ1) is 28.5. The summed E-state index contributed by atoms with van der Waals surface area (Å²) >= 11 is 1.29. The van der Waals surface area contributed by atoms with Crippen molar-refractivity contribution < 1.29 is 27.5 Å². The molecule has 37 heavy (non-hydrogen) atoms. The number of ether oxygens (including phenoxy) is 1. The first-order valence-corrected chi connectivity index (χ1v) is 13.1. The minimum atomic E-state index is -4.73. The van der Waals surface area contributed by atoms with E-state index in [1.54, 1.807) is 6.92 Å². The van der Waals surface area contributed by atoms with Gasteiger partial charge in [0, 0.05) is 26.1 Å². The van der Waals surface area contributed by atoms with Crippen LogP contribution in [0.3, 0.4) is 0 Å². The molecule has 2 heterocycles. The molecule has 1 saturated heterocycles. The molecule has 2 aromatic rings. The number of halogens is 3. The van der Waals surface area contributed by atoms with Gasteiger partial charge in [0.2, 0.25) is 5.95 Å². The zero-order valence-corrected chi connectivity index (χ0v) is 21.6. The lowest BCUT2D eigenvalue weighted by Crippen LogP contribution is -2.35. The fraction of sp³-hybridized carbons (Fsp3) is 0.542. The van der Waals surface area contributed by atoms with Crippen LogP contribution in [-0.2, 0) is 4.79 Å². The fourth-order valence-electron chi connectivity index (χ4n) is 3.88. The monoisotopic (exact) mass is 540 g/mol. The number of alkyl halides is 3. The molecule has 3 rings (SSSR count). The van der Waals surface area contributed by atoms with E-state index >= 15 is 0 Å². The second-order valence-electron chi connectivity index (χ2n) is 8.69. The second-order valence-corrected chi connectivity index (χ2v) is 9.86. The Kier molecular flexibility index (Phi) is 10.4. The molecule has 1 N–H and O–H groups in total. The highest BCUT2D eigenvalue weighted by atomic mass is 32.2. The number of carbonyl (C=O) groups is 2. The summed E-state index contributed by atoms with van der Waals surface area (Å²) in [6.45, 7) is 5.74. The molecule has 1 aliphatic rings. The summed E-state index contributed by atoms with van der Waals surface area (Å²) < 4.78 is 42.4. The van der Waals surface area contributed by atoms with Gasteiger partial charge in [-0.05, 0) is 62.8 Å². The first-order valence-electron chi connectivity index (χ1n) is 12.1. The number of anilines is 1. The third-order valence-electron chi connectivity index (χ3n) is 5.77. The largest absolute Gasteiger partial charge is 0.573 e. The first-order chi connectivity index (χ1) is 17.6. The average Bonchev–Trinajstić information content (AvgIpc) is 3.33. The van der Waals surface area contributed by atoms with Crippen molar-refractivity contribution in [3.05, 3.63) is 30.6 Å². The van der Waals surface area contributed by atoms with Crippen molar-refractivity contribution in [3.8, 4) is 11.4 Å². The van der Waals surface area contributed by atoms with Gasteiger partial charge in [0.1, 0.15) is 17.9 Å². The number of rotatable bonds is 10. The summed E-state index contributed by atoms with van der Waals surface area (Å²) in [6.07, 6.45) is 0.832. The number of aliphatic imine (C=N–C) groups is 1. The molecule has 9 nitrogen and oxygen atoms in total. The van der Waals surface area contributed by atoms with E-state index in [0.29, 0.717) is 41.3 Å². The molecule has 13 heteroatoms. The van der Waals surface area contributed by atoms with Gasteiger partial charge >= 0.3 is 12.4 Å². The van der Waals surface area contributed by atoms with Crippen molar-refractivity contribution in [1.82, 2.24) is 20.1 Å². The van der Waals surface area contributed by atoms with E-state index in [1.165, 1.54) is 47.0 Å². The van der Waals surface area contributed by atoms with E-state index in [1.807, 2.05) is 6.92 Å². The summed E-state index contributed by atoms with van der Waals surface area (Å²) in [7, 11) is 0. The lowest BCUT2D eigenvalue weighted by Gasteiger charge is -2.31. The van der Waals surface area contributed by atoms with Crippen LogP contribution in [-0.4, -0.2) is 63.4 Å². The van der Waals surface area contributed by atoms with Crippen LogP contribution >= 0.6 is 11.8 Å². The highest BCUT2D eigenvalue weighted by molar-refractivity contribution is 8.14. The maximum absolute atomic E-state index is 12.3. The SMILES string of the molecule is CCCC(=O)CS/C(C)=N\C(=O)NCCC1CCN(c2ncn(-c3ccc(OC(F)(F)F)cc3)n2)CC1. The number of thioether (sulfide) groups is 1. The van der Waals surface area contributed by atoms with Gasteiger partial charge in [-0.2, -0.15) is 9.98 Å². The van der Waals surface area contributed by atoms with Crippen LogP contribution in [0, 0.1) is 5.92 Å². The van der Waals surface area contributed by atoms with Crippen molar-refractivity contribution in [1.29, 1.82) is 0 Å². The topological polar surface area (TPSA) is 102 Å². The number of hydrogen-bond acceptors (Lipinski definition) is 7. The van der Waals surface area contributed by atoms with E-state index in [9.17, 15) is 22.8 Å². The van der Waals surface area contributed by atoms with E-state index in [-0.39, 0.29) is 11.5 Å². The molecule has 0 bridgehead atoms.